The Hall–Kier alpha value is -0.900. The van der Waals surface area contributed by atoms with Crippen molar-refractivity contribution in [2.45, 2.75) is 6.92 Å². The molecule has 1 N–H and O–H groups in total. The Morgan fingerprint density at radius 3 is 3.00 bits per heavy atom. The molecule has 0 aromatic rings. The summed E-state index contributed by atoms with van der Waals surface area (Å²) in [6.45, 7) is 2.84. The SMILES string of the molecule is CCNC(=O)N1C=COC1.Cl. The van der Waals surface area contributed by atoms with Crippen LogP contribution in [-0.4, -0.2) is 24.2 Å². The number of hydrogen-bond donors (Lipinski definition) is 1. The maximum atomic E-state index is 10.9. The minimum Gasteiger partial charge on any atom is -0.479 e. The van der Waals surface area contributed by atoms with Gasteiger partial charge in [0.05, 0.1) is 0 Å². The predicted molar refractivity (Wildman–Crippen MR) is 43.3 cm³/mol. The van der Waals surface area contributed by atoms with Gasteiger partial charge in [-0.1, -0.05) is 0 Å². The largest absolute Gasteiger partial charge is 0.479 e. The zero-order valence-corrected chi connectivity index (χ0v) is 7.06. The summed E-state index contributed by atoms with van der Waals surface area (Å²) in [4.78, 5) is 12.4. The van der Waals surface area contributed by atoms with E-state index in [1.807, 2.05) is 6.92 Å². The van der Waals surface area contributed by atoms with Crippen LogP contribution in [0.15, 0.2) is 12.5 Å². The Morgan fingerprint density at radius 2 is 2.55 bits per heavy atom. The van der Waals surface area contributed by atoms with E-state index in [9.17, 15) is 4.79 Å². The van der Waals surface area contributed by atoms with E-state index in [1.165, 1.54) is 11.2 Å². The van der Waals surface area contributed by atoms with E-state index in [1.54, 1.807) is 6.20 Å². The lowest BCUT2D eigenvalue weighted by Crippen LogP contribution is -2.35. The van der Waals surface area contributed by atoms with Crippen molar-refractivity contribution < 1.29 is 9.53 Å². The minimum absolute atomic E-state index is 0. The molecule has 1 aliphatic rings. The third-order valence-corrected chi connectivity index (χ3v) is 1.14. The van der Waals surface area contributed by atoms with Crippen LogP contribution >= 0.6 is 12.4 Å². The van der Waals surface area contributed by atoms with Gasteiger partial charge in [0.15, 0.2) is 6.73 Å². The van der Waals surface area contributed by atoms with Crippen molar-refractivity contribution in [2.24, 2.45) is 0 Å². The summed E-state index contributed by atoms with van der Waals surface area (Å²) in [6, 6.07) is -0.115. The molecule has 0 spiro atoms. The Labute approximate surface area is 71.6 Å². The monoisotopic (exact) mass is 178 g/mol. The van der Waals surface area contributed by atoms with E-state index in [0.717, 1.165) is 0 Å². The quantitative estimate of drug-likeness (QED) is 0.648. The van der Waals surface area contributed by atoms with Crippen LogP contribution in [0.25, 0.3) is 0 Å². The van der Waals surface area contributed by atoms with Crippen molar-refractivity contribution >= 4 is 18.4 Å². The molecule has 64 valence electrons. The highest BCUT2D eigenvalue weighted by Gasteiger charge is 2.11. The smallest absolute Gasteiger partial charge is 0.324 e. The summed E-state index contributed by atoms with van der Waals surface area (Å²) in [7, 11) is 0. The van der Waals surface area contributed by atoms with Gasteiger partial charge in [-0.25, -0.2) is 4.79 Å². The number of amides is 2. The molecule has 0 fully saturated rings. The van der Waals surface area contributed by atoms with Gasteiger partial charge in [-0.3, -0.25) is 4.90 Å². The fraction of sp³-hybridized carbons (Fsp3) is 0.500. The molecule has 0 atom stereocenters. The minimum atomic E-state index is -0.115. The summed E-state index contributed by atoms with van der Waals surface area (Å²) in [5, 5.41) is 2.64. The van der Waals surface area contributed by atoms with E-state index in [-0.39, 0.29) is 18.4 Å². The van der Waals surface area contributed by atoms with Crippen LogP contribution in [0.3, 0.4) is 0 Å². The van der Waals surface area contributed by atoms with E-state index in [2.05, 4.69) is 5.32 Å². The molecule has 0 unspecified atom stereocenters. The zero-order valence-electron chi connectivity index (χ0n) is 6.24. The first-order valence-electron chi connectivity index (χ1n) is 3.17. The van der Waals surface area contributed by atoms with Gasteiger partial charge in [-0.05, 0) is 6.92 Å². The molecule has 1 rings (SSSR count). The van der Waals surface area contributed by atoms with E-state index < -0.39 is 0 Å². The van der Waals surface area contributed by atoms with Crippen molar-refractivity contribution in [3.05, 3.63) is 12.5 Å². The van der Waals surface area contributed by atoms with Crippen LogP contribution in [-0.2, 0) is 4.74 Å². The molecule has 0 saturated carbocycles. The van der Waals surface area contributed by atoms with Crippen LogP contribution in [0.2, 0.25) is 0 Å². The van der Waals surface area contributed by atoms with Crippen LogP contribution in [0.1, 0.15) is 6.92 Å². The molecule has 11 heavy (non-hydrogen) atoms. The molecule has 0 aromatic carbocycles. The average Bonchev–Trinajstić information content (AvgIpc) is 2.38. The normalized spacial score (nSPS) is 13.7. The summed E-state index contributed by atoms with van der Waals surface area (Å²) in [5.41, 5.74) is 0. The predicted octanol–water partition coefficient (Wildman–Crippen LogP) is 0.899. The Kier molecular flexibility index (Phi) is 4.45. The lowest BCUT2D eigenvalue weighted by Gasteiger charge is -2.10. The lowest BCUT2D eigenvalue weighted by molar-refractivity contribution is 0.166. The van der Waals surface area contributed by atoms with Crippen molar-refractivity contribution in [1.82, 2.24) is 10.2 Å². The molecular weight excluding hydrogens is 168 g/mol. The van der Waals surface area contributed by atoms with E-state index >= 15 is 0 Å². The first kappa shape index (κ1) is 10.1. The second-order valence-corrected chi connectivity index (χ2v) is 1.89. The van der Waals surface area contributed by atoms with Gasteiger partial charge in [0.1, 0.15) is 6.26 Å². The molecule has 1 heterocycles. The van der Waals surface area contributed by atoms with Crippen LogP contribution < -0.4 is 5.32 Å². The van der Waals surface area contributed by atoms with Gasteiger partial charge in [-0.15, -0.1) is 12.4 Å². The van der Waals surface area contributed by atoms with Crippen molar-refractivity contribution in [3.8, 4) is 0 Å². The number of rotatable bonds is 1. The maximum absolute atomic E-state index is 10.9. The molecular formula is C6H11ClN2O2. The first-order valence-corrected chi connectivity index (χ1v) is 3.17. The number of nitrogens with zero attached hydrogens (tertiary/aromatic N) is 1. The van der Waals surface area contributed by atoms with Gasteiger partial charge < -0.3 is 10.1 Å². The van der Waals surface area contributed by atoms with Crippen LogP contribution in [0.5, 0.6) is 0 Å². The number of nitrogens with one attached hydrogen (secondary N) is 1. The highest BCUT2D eigenvalue weighted by Crippen LogP contribution is 1.99. The second-order valence-electron chi connectivity index (χ2n) is 1.89. The highest BCUT2D eigenvalue weighted by atomic mass is 35.5. The maximum Gasteiger partial charge on any atom is 0.324 e. The van der Waals surface area contributed by atoms with Crippen LogP contribution in [0.4, 0.5) is 4.79 Å². The summed E-state index contributed by atoms with van der Waals surface area (Å²) in [6.07, 6.45) is 3.10. The van der Waals surface area contributed by atoms with Gasteiger partial charge in [-0.2, -0.15) is 0 Å². The van der Waals surface area contributed by atoms with Gasteiger partial charge in [0.2, 0.25) is 0 Å². The first-order chi connectivity index (χ1) is 4.84. The van der Waals surface area contributed by atoms with Gasteiger partial charge >= 0.3 is 6.03 Å². The third kappa shape index (κ3) is 2.67. The van der Waals surface area contributed by atoms with Gasteiger partial charge in [0, 0.05) is 12.7 Å². The van der Waals surface area contributed by atoms with Crippen molar-refractivity contribution in [3.63, 3.8) is 0 Å². The number of halogens is 1. The molecule has 0 aliphatic carbocycles. The number of carbonyl (C=O) groups excluding carboxylic acids is 1. The molecule has 5 heteroatoms. The number of carbonyl (C=O) groups is 1. The molecule has 2 amide bonds. The highest BCUT2D eigenvalue weighted by molar-refractivity contribution is 5.85. The topological polar surface area (TPSA) is 41.6 Å². The summed E-state index contributed by atoms with van der Waals surface area (Å²) >= 11 is 0. The fourth-order valence-electron chi connectivity index (χ4n) is 0.662. The summed E-state index contributed by atoms with van der Waals surface area (Å²) < 4.78 is 4.81. The lowest BCUT2D eigenvalue weighted by atomic mass is 10.7. The number of ether oxygens (including phenoxy) is 1. The molecule has 1 aliphatic heterocycles. The number of urea groups is 1. The Morgan fingerprint density at radius 1 is 1.82 bits per heavy atom. The van der Waals surface area contributed by atoms with E-state index in [0.29, 0.717) is 13.3 Å². The molecule has 0 aromatic heterocycles. The molecule has 0 bridgehead atoms. The van der Waals surface area contributed by atoms with Crippen molar-refractivity contribution in [2.75, 3.05) is 13.3 Å². The van der Waals surface area contributed by atoms with E-state index in [4.69, 9.17) is 4.74 Å². The Balaban J connectivity index is 0.000001000. The molecule has 0 radical (unpaired) electrons. The molecule has 4 nitrogen and oxygen atoms in total. The summed E-state index contributed by atoms with van der Waals surface area (Å²) in [5.74, 6) is 0. The van der Waals surface area contributed by atoms with Gasteiger partial charge in [0.25, 0.3) is 0 Å². The molecule has 0 saturated heterocycles. The fourth-order valence-corrected chi connectivity index (χ4v) is 0.662. The van der Waals surface area contributed by atoms with Crippen LogP contribution in [0, 0.1) is 0 Å². The van der Waals surface area contributed by atoms with Crippen molar-refractivity contribution in [1.29, 1.82) is 0 Å². The third-order valence-electron chi connectivity index (χ3n) is 1.14. The standard InChI is InChI=1S/C6H10N2O2.ClH/c1-2-7-6(9)8-3-4-10-5-8;/h3-4H,2,5H2,1H3,(H,7,9);1H. The Bertz CT molecular complexity index is 161. The average molecular weight is 179 g/mol. The number of hydrogen-bond acceptors (Lipinski definition) is 2. The zero-order chi connectivity index (χ0) is 7.40. The second kappa shape index (κ2) is 4.85.